The van der Waals surface area contributed by atoms with E-state index < -0.39 is 32.3 Å². The van der Waals surface area contributed by atoms with E-state index in [1.54, 1.807) is 0 Å². The van der Waals surface area contributed by atoms with Gasteiger partial charge in [0.15, 0.2) is 0 Å². The predicted molar refractivity (Wildman–Crippen MR) is 93.8 cm³/mol. The lowest BCUT2D eigenvalue weighted by molar-refractivity contribution is 0.544. The second kappa shape index (κ2) is 8.56. The van der Waals surface area contributed by atoms with E-state index in [1.165, 1.54) is 11.1 Å². The van der Waals surface area contributed by atoms with Gasteiger partial charge >= 0.3 is 0 Å². The van der Waals surface area contributed by atoms with Crippen LogP contribution < -0.4 is 0 Å². The minimum absolute atomic E-state index is 0.437. The lowest BCUT2D eigenvalue weighted by atomic mass is 9.97. The van der Waals surface area contributed by atoms with Gasteiger partial charge in [0.1, 0.15) is 0 Å². The van der Waals surface area contributed by atoms with Crippen molar-refractivity contribution in [2.45, 2.75) is 46.1 Å². The van der Waals surface area contributed by atoms with Crippen molar-refractivity contribution in [3.63, 3.8) is 0 Å². The van der Waals surface area contributed by atoms with Gasteiger partial charge in [-0.2, -0.15) is 0 Å². The molecule has 114 valence electrons. The smallest absolute Gasteiger partial charge is 0.0693 e. The summed E-state index contributed by atoms with van der Waals surface area (Å²) in [6.07, 6.45) is 0. The van der Waals surface area contributed by atoms with Gasteiger partial charge in [0.2, 0.25) is 0 Å². The maximum atomic E-state index is 5.88. The van der Waals surface area contributed by atoms with Crippen LogP contribution in [-0.4, -0.2) is 32.3 Å². The summed E-state index contributed by atoms with van der Waals surface area (Å²) < 4.78 is 0. The topological polar surface area (TPSA) is 0 Å². The van der Waals surface area contributed by atoms with Crippen LogP contribution in [0.3, 0.4) is 0 Å². The molecule has 1 fully saturated rings. The number of aryl methyl sites for hydroxylation is 2. The fourth-order valence-electron chi connectivity index (χ4n) is 1.86. The van der Waals surface area contributed by atoms with Gasteiger partial charge in [-0.25, -0.2) is 0 Å². The second-order valence-electron chi connectivity index (χ2n) is 4.82. The summed E-state index contributed by atoms with van der Waals surface area (Å²) in [7, 11) is 0. The highest BCUT2D eigenvalue weighted by Gasteiger charge is 2.46. The molecule has 0 amide bonds. The normalized spacial score (nSPS) is 37.0. The molecule has 0 unspecified atom stereocenters. The van der Waals surface area contributed by atoms with E-state index in [1.807, 2.05) is 0 Å². The minimum atomic E-state index is -0.437. The summed E-state index contributed by atoms with van der Waals surface area (Å²) in [6.45, 7) is 4.21. The van der Waals surface area contributed by atoms with Crippen LogP contribution in [0, 0.1) is 13.8 Å². The molecule has 0 nitrogen and oxygen atoms in total. The monoisotopic (exact) mass is 394 g/mol. The number of halogens is 6. The van der Waals surface area contributed by atoms with Crippen molar-refractivity contribution in [3.8, 4) is 0 Å². The highest BCUT2D eigenvalue weighted by Crippen LogP contribution is 2.39. The SMILES string of the molecule is Cc1cccc(C)c1.ClC1C(Cl)C(Cl)C(Cl)C(Cl)C1Cl. The molecule has 0 radical (unpaired) electrons. The van der Waals surface area contributed by atoms with Crippen LogP contribution >= 0.6 is 69.6 Å². The van der Waals surface area contributed by atoms with Crippen LogP contribution in [0.5, 0.6) is 0 Å². The number of alkyl halides is 6. The van der Waals surface area contributed by atoms with Gasteiger partial charge in [-0.1, -0.05) is 35.4 Å². The van der Waals surface area contributed by atoms with Gasteiger partial charge < -0.3 is 0 Å². The Bertz CT molecular complexity index is 348. The van der Waals surface area contributed by atoms with Gasteiger partial charge in [0.05, 0.1) is 32.3 Å². The molecule has 2 rings (SSSR count). The van der Waals surface area contributed by atoms with Crippen LogP contribution in [0.4, 0.5) is 0 Å². The quantitative estimate of drug-likeness (QED) is 0.475. The van der Waals surface area contributed by atoms with Crippen molar-refractivity contribution in [1.29, 1.82) is 0 Å². The van der Waals surface area contributed by atoms with Crippen LogP contribution in [0.2, 0.25) is 0 Å². The third-order valence-corrected chi connectivity index (χ3v) is 7.03. The van der Waals surface area contributed by atoms with E-state index >= 15 is 0 Å². The molecule has 0 N–H and O–H groups in total. The molecular weight excluding hydrogens is 381 g/mol. The van der Waals surface area contributed by atoms with Crippen molar-refractivity contribution >= 4 is 69.6 Å². The van der Waals surface area contributed by atoms with Crippen molar-refractivity contribution in [2.75, 3.05) is 0 Å². The fraction of sp³-hybridized carbons (Fsp3) is 0.571. The van der Waals surface area contributed by atoms with Gasteiger partial charge in [-0.3, -0.25) is 0 Å². The highest BCUT2D eigenvalue weighted by atomic mass is 35.5. The van der Waals surface area contributed by atoms with E-state index in [4.69, 9.17) is 69.6 Å². The van der Waals surface area contributed by atoms with Gasteiger partial charge in [0.25, 0.3) is 0 Å². The molecule has 0 aromatic heterocycles. The number of rotatable bonds is 0. The Balaban J connectivity index is 0.000000217. The van der Waals surface area contributed by atoms with Crippen molar-refractivity contribution < 1.29 is 0 Å². The molecular formula is C14H16Cl6. The van der Waals surface area contributed by atoms with Gasteiger partial charge in [0, 0.05) is 0 Å². The van der Waals surface area contributed by atoms with Crippen LogP contribution in [-0.2, 0) is 0 Å². The average molecular weight is 397 g/mol. The zero-order valence-corrected chi connectivity index (χ0v) is 15.6. The molecule has 1 aromatic carbocycles. The van der Waals surface area contributed by atoms with E-state index in [9.17, 15) is 0 Å². The van der Waals surface area contributed by atoms with Gasteiger partial charge in [-0.05, 0) is 13.8 Å². The summed E-state index contributed by atoms with van der Waals surface area (Å²) in [5.41, 5.74) is 2.68. The largest absolute Gasteiger partial charge is 0.120 e. The molecule has 1 aliphatic carbocycles. The average Bonchev–Trinajstić information content (AvgIpc) is 2.41. The number of hydrogen-bond donors (Lipinski definition) is 0. The van der Waals surface area contributed by atoms with Crippen LogP contribution in [0.1, 0.15) is 11.1 Å². The first-order chi connectivity index (χ1) is 9.25. The lowest BCUT2D eigenvalue weighted by Crippen LogP contribution is -2.52. The Morgan fingerprint density at radius 2 is 0.850 bits per heavy atom. The predicted octanol–water partition coefficient (Wildman–Crippen LogP) is 5.95. The third-order valence-electron chi connectivity index (χ3n) is 3.00. The lowest BCUT2D eigenvalue weighted by Gasteiger charge is -2.37. The molecule has 0 spiro atoms. The molecule has 0 aliphatic heterocycles. The summed E-state index contributed by atoms with van der Waals surface area (Å²) in [5, 5.41) is -2.62. The van der Waals surface area contributed by atoms with E-state index in [0.717, 1.165) is 0 Å². The standard InChI is InChI=1S/C8H10.C6H6Cl6/c1-7-4-3-5-8(2)6-7;7-1-2(8)4(10)6(12)5(11)3(1)9/h3-6H,1-2H3;1-6H. The fourth-order valence-corrected chi connectivity index (χ4v) is 4.19. The first kappa shape index (κ1) is 19.0. The molecule has 1 saturated carbocycles. The number of benzene rings is 1. The summed E-state index contributed by atoms with van der Waals surface area (Å²) >= 11 is 35.3. The summed E-state index contributed by atoms with van der Waals surface area (Å²) in [6, 6.07) is 8.45. The molecule has 1 aromatic rings. The highest BCUT2D eigenvalue weighted by molar-refractivity contribution is 6.45. The molecule has 1 aliphatic rings. The molecule has 0 saturated heterocycles. The van der Waals surface area contributed by atoms with E-state index in [-0.39, 0.29) is 0 Å². The van der Waals surface area contributed by atoms with Crippen LogP contribution in [0.15, 0.2) is 24.3 Å². The van der Waals surface area contributed by atoms with E-state index in [0.29, 0.717) is 0 Å². The molecule has 20 heavy (non-hydrogen) atoms. The zero-order chi connectivity index (χ0) is 15.4. The van der Waals surface area contributed by atoms with Crippen molar-refractivity contribution in [3.05, 3.63) is 35.4 Å². The Kier molecular flexibility index (Phi) is 8.13. The Morgan fingerprint density at radius 1 is 0.600 bits per heavy atom. The first-order valence-electron chi connectivity index (χ1n) is 6.13. The van der Waals surface area contributed by atoms with E-state index in [2.05, 4.69) is 38.1 Å². The molecule has 0 heterocycles. The van der Waals surface area contributed by atoms with Crippen molar-refractivity contribution in [2.24, 2.45) is 0 Å². The first-order valence-corrected chi connectivity index (χ1v) is 8.75. The second-order valence-corrected chi connectivity index (χ2v) is 7.85. The van der Waals surface area contributed by atoms with Gasteiger partial charge in [-0.15, -0.1) is 69.6 Å². The zero-order valence-electron chi connectivity index (χ0n) is 11.0. The van der Waals surface area contributed by atoms with Crippen LogP contribution in [0.25, 0.3) is 0 Å². The van der Waals surface area contributed by atoms with Crippen molar-refractivity contribution in [1.82, 2.24) is 0 Å². The third kappa shape index (κ3) is 5.00. The minimum Gasteiger partial charge on any atom is -0.120 e. The maximum Gasteiger partial charge on any atom is 0.0693 e. The molecule has 6 heteroatoms. The summed E-state index contributed by atoms with van der Waals surface area (Å²) in [5.74, 6) is 0. The molecule has 0 atom stereocenters. The Labute approximate surface area is 150 Å². The molecule has 0 bridgehead atoms. The Morgan fingerprint density at radius 3 is 1.00 bits per heavy atom. The Hall–Kier alpha value is 0.960. The summed E-state index contributed by atoms with van der Waals surface area (Å²) in [4.78, 5) is 0. The number of hydrogen-bond acceptors (Lipinski definition) is 0. The maximum absolute atomic E-state index is 5.88.